The van der Waals surface area contributed by atoms with Gasteiger partial charge in [-0.3, -0.25) is 9.36 Å². The molecule has 0 saturated carbocycles. The Morgan fingerprint density at radius 3 is 2.62 bits per heavy atom. The van der Waals surface area contributed by atoms with E-state index in [0.29, 0.717) is 43.1 Å². The molecule has 0 radical (unpaired) electrons. The van der Waals surface area contributed by atoms with Gasteiger partial charge < -0.3 is 4.74 Å². The highest BCUT2D eigenvalue weighted by molar-refractivity contribution is 7.98. The third kappa shape index (κ3) is 4.75. The van der Waals surface area contributed by atoms with Crippen LogP contribution in [0.3, 0.4) is 0 Å². The number of carbonyl (C=O) groups excluding carboxylic acids is 1. The van der Waals surface area contributed by atoms with Gasteiger partial charge in [-0.15, -0.1) is 11.3 Å². The summed E-state index contributed by atoms with van der Waals surface area (Å²) < 4.78 is 6.85. The average molecular weight is 485 g/mol. The molecule has 2 heterocycles. The van der Waals surface area contributed by atoms with Gasteiger partial charge in [-0.2, -0.15) is 0 Å². The summed E-state index contributed by atoms with van der Waals surface area (Å²) in [6.45, 7) is 4.21. The van der Waals surface area contributed by atoms with Crippen LogP contribution < -0.4 is 5.56 Å². The van der Waals surface area contributed by atoms with Gasteiger partial charge in [-0.1, -0.05) is 65.8 Å². The number of aryl methyl sites for hydroxylation is 1. The molecule has 32 heavy (non-hydrogen) atoms. The number of fused-ring (bicyclic) bond motifs is 1. The minimum absolute atomic E-state index is 0.156. The summed E-state index contributed by atoms with van der Waals surface area (Å²) in [6, 6.07) is 17.4. The predicted octanol–water partition coefficient (Wildman–Crippen LogP) is 5.94. The van der Waals surface area contributed by atoms with Crippen LogP contribution in [0.2, 0.25) is 5.02 Å². The number of carbonyl (C=O) groups is 1. The average Bonchev–Trinajstić information content (AvgIpc) is 3.12. The van der Waals surface area contributed by atoms with Crippen LogP contribution in [-0.4, -0.2) is 22.1 Å². The van der Waals surface area contributed by atoms with Crippen LogP contribution in [-0.2, 0) is 17.0 Å². The zero-order valence-corrected chi connectivity index (χ0v) is 20.0. The molecule has 0 bridgehead atoms. The number of thiophene rings is 1. The Labute approximate surface area is 199 Å². The lowest BCUT2D eigenvalue weighted by Crippen LogP contribution is -2.24. The fourth-order valence-corrected chi connectivity index (χ4v) is 5.65. The second-order valence-corrected chi connectivity index (χ2v) is 9.52. The molecule has 0 unspecified atom stereocenters. The molecule has 2 aromatic carbocycles. The van der Waals surface area contributed by atoms with Crippen LogP contribution in [0.5, 0.6) is 0 Å². The van der Waals surface area contributed by atoms with E-state index in [1.54, 1.807) is 18.4 Å². The van der Waals surface area contributed by atoms with E-state index in [9.17, 15) is 9.59 Å². The summed E-state index contributed by atoms with van der Waals surface area (Å²) in [6.07, 6.45) is 0. The number of ether oxygens (including phenoxy) is 1. The molecular formula is C24H21ClN2O3S2. The monoisotopic (exact) mass is 484 g/mol. The molecule has 0 aliphatic rings. The molecule has 8 heteroatoms. The SMILES string of the molecule is CCOC(=O)c1sc2nc(SCc3cccc(Cl)c3)n(Cc3ccccc3)c(=O)c2c1C. The maximum atomic E-state index is 13.6. The van der Waals surface area contributed by atoms with Gasteiger partial charge in [-0.25, -0.2) is 9.78 Å². The van der Waals surface area contributed by atoms with Crippen LogP contribution in [0.1, 0.15) is 33.3 Å². The number of halogens is 1. The summed E-state index contributed by atoms with van der Waals surface area (Å²) in [4.78, 5) is 31.7. The van der Waals surface area contributed by atoms with E-state index in [1.165, 1.54) is 23.1 Å². The molecule has 0 saturated heterocycles. The third-order valence-corrected chi connectivity index (χ3v) is 7.36. The topological polar surface area (TPSA) is 61.2 Å². The first-order valence-corrected chi connectivity index (χ1v) is 12.3. The zero-order valence-electron chi connectivity index (χ0n) is 17.6. The van der Waals surface area contributed by atoms with Gasteiger partial charge in [0.05, 0.1) is 18.5 Å². The Morgan fingerprint density at radius 1 is 1.16 bits per heavy atom. The molecule has 5 nitrogen and oxygen atoms in total. The normalized spacial score (nSPS) is 11.1. The van der Waals surface area contributed by atoms with Crippen molar-refractivity contribution in [2.45, 2.75) is 31.3 Å². The quantitative estimate of drug-likeness (QED) is 0.184. The number of rotatable bonds is 7. The molecule has 0 atom stereocenters. The Bertz CT molecular complexity index is 1330. The predicted molar refractivity (Wildman–Crippen MR) is 131 cm³/mol. The van der Waals surface area contributed by atoms with Crippen LogP contribution in [0.4, 0.5) is 0 Å². The summed E-state index contributed by atoms with van der Waals surface area (Å²) >= 11 is 8.80. The molecule has 2 aromatic heterocycles. The molecule has 0 aliphatic carbocycles. The number of benzene rings is 2. The molecule has 0 N–H and O–H groups in total. The number of thioether (sulfide) groups is 1. The number of nitrogens with zero attached hydrogens (tertiary/aromatic N) is 2. The molecule has 0 aliphatic heterocycles. The van der Waals surface area contributed by atoms with Crippen LogP contribution >= 0.6 is 34.7 Å². The van der Waals surface area contributed by atoms with Crippen LogP contribution in [0.25, 0.3) is 10.2 Å². The molecule has 0 amide bonds. The molecule has 164 valence electrons. The molecule has 4 aromatic rings. The minimum atomic E-state index is -0.421. The lowest BCUT2D eigenvalue weighted by Gasteiger charge is -2.12. The van der Waals surface area contributed by atoms with Crippen LogP contribution in [0, 0.1) is 6.92 Å². The van der Waals surface area contributed by atoms with E-state index in [0.717, 1.165) is 11.1 Å². The van der Waals surface area contributed by atoms with Crippen molar-refractivity contribution < 1.29 is 9.53 Å². The van der Waals surface area contributed by atoms with Gasteiger partial charge in [0.1, 0.15) is 9.71 Å². The maximum absolute atomic E-state index is 13.6. The largest absolute Gasteiger partial charge is 0.462 e. The van der Waals surface area contributed by atoms with Crippen molar-refractivity contribution >= 4 is 50.9 Å². The van der Waals surface area contributed by atoms with Crippen molar-refractivity contribution in [1.82, 2.24) is 9.55 Å². The third-order valence-electron chi connectivity index (χ3n) is 4.92. The Kier molecular flexibility index (Phi) is 6.98. The van der Waals surface area contributed by atoms with E-state index in [4.69, 9.17) is 21.3 Å². The lowest BCUT2D eigenvalue weighted by molar-refractivity contribution is 0.0531. The first-order valence-electron chi connectivity index (χ1n) is 10.1. The number of aromatic nitrogens is 2. The number of esters is 1. The van der Waals surface area contributed by atoms with E-state index in [-0.39, 0.29) is 12.2 Å². The second kappa shape index (κ2) is 9.90. The summed E-state index contributed by atoms with van der Waals surface area (Å²) in [5.41, 5.74) is 2.50. The highest BCUT2D eigenvalue weighted by atomic mass is 35.5. The fraction of sp³-hybridized carbons (Fsp3) is 0.208. The first kappa shape index (κ1) is 22.6. The van der Waals surface area contributed by atoms with Crippen molar-refractivity contribution in [3.63, 3.8) is 0 Å². The highest BCUT2D eigenvalue weighted by Gasteiger charge is 2.22. The van der Waals surface area contributed by atoms with Gasteiger partial charge in [0.25, 0.3) is 5.56 Å². The summed E-state index contributed by atoms with van der Waals surface area (Å²) in [5, 5.41) is 1.74. The Balaban J connectivity index is 1.80. The van der Waals surface area contributed by atoms with Crippen LogP contribution in [0.15, 0.2) is 64.5 Å². The number of hydrogen-bond donors (Lipinski definition) is 0. The van der Waals surface area contributed by atoms with Gasteiger partial charge in [0, 0.05) is 10.8 Å². The number of hydrogen-bond acceptors (Lipinski definition) is 6. The highest BCUT2D eigenvalue weighted by Crippen LogP contribution is 2.31. The standard InChI is InChI=1S/C24H21ClN2O3S2/c1-3-30-23(29)20-15(2)19-21(32-20)26-24(31-14-17-10-7-11-18(25)12-17)27(22(19)28)13-16-8-5-4-6-9-16/h4-12H,3,13-14H2,1-2H3. The fourth-order valence-electron chi connectivity index (χ4n) is 3.38. The molecule has 0 spiro atoms. The summed E-state index contributed by atoms with van der Waals surface area (Å²) in [5.74, 6) is 0.192. The van der Waals surface area contributed by atoms with Gasteiger partial charge >= 0.3 is 5.97 Å². The molecule has 4 rings (SSSR count). The first-order chi connectivity index (χ1) is 15.5. The molecule has 0 fully saturated rings. The van der Waals surface area contributed by atoms with Gasteiger partial charge in [0.2, 0.25) is 0 Å². The van der Waals surface area contributed by atoms with Crippen molar-refractivity contribution in [3.8, 4) is 0 Å². The van der Waals surface area contributed by atoms with Crippen molar-refractivity contribution in [1.29, 1.82) is 0 Å². The van der Waals surface area contributed by atoms with E-state index in [1.807, 2.05) is 54.6 Å². The summed E-state index contributed by atoms with van der Waals surface area (Å²) in [7, 11) is 0. The lowest BCUT2D eigenvalue weighted by atomic mass is 10.2. The second-order valence-electron chi connectivity index (χ2n) is 7.15. The van der Waals surface area contributed by atoms with Gasteiger partial charge in [0.15, 0.2) is 5.16 Å². The zero-order chi connectivity index (χ0) is 22.7. The van der Waals surface area contributed by atoms with E-state index >= 15 is 0 Å². The minimum Gasteiger partial charge on any atom is -0.462 e. The Morgan fingerprint density at radius 2 is 1.91 bits per heavy atom. The van der Waals surface area contributed by atoms with Gasteiger partial charge in [-0.05, 0) is 42.7 Å². The van der Waals surface area contributed by atoms with E-state index < -0.39 is 5.97 Å². The smallest absolute Gasteiger partial charge is 0.348 e. The van der Waals surface area contributed by atoms with Crippen molar-refractivity contribution in [2.24, 2.45) is 0 Å². The molecular weight excluding hydrogens is 464 g/mol. The Hall–Kier alpha value is -2.61. The van der Waals surface area contributed by atoms with E-state index in [2.05, 4.69) is 0 Å². The van der Waals surface area contributed by atoms with Crippen molar-refractivity contribution in [2.75, 3.05) is 6.61 Å². The van der Waals surface area contributed by atoms with Crippen molar-refractivity contribution in [3.05, 3.63) is 91.5 Å². The maximum Gasteiger partial charge on any atom is 0.348 e.